The number of nitrogens with zero attached hydrogens (tertiary/aromatic N) is 3. The van der Waals surface area contributed by atoms with Crippen LogP contribution < -0.4 is 5.73 Å². The van der Waals surface area contributed by atoms with Crippen molar-refractivity contribution in [3.05, 3.63) is 11.3 Å². The predicted octanol–water partition coefficient (Wildman–Crippen LogP) is 0.180. The van der Waals surface area contributed by atoms with Gasteiger partial charge in [0.2, 0.25) is 5.78 Å². The number of carbonyl (C=O) groups excluding carboxylic acids is 4. The van der Waals surface area contributed by atoms with Gasteiger partial charge in [-0.3, -0.25) is 19.5 Å². The van der Waals surface area contributed by atoms with Crippen molar-refractivity contribution >= 4 is 29.7 Å². The summed E-state index contributed by atoms with van der Waals surface area (Å²) >= 11 is 0. The minimum atomic E-state index is -1.03. The molecule has 9 heteroatoms. The van der Waals surface area contributed by atoms with E-state index in [2.05, 4.69) is 15.8 Å². The van der Waals surface area contributed by atoms with E-state index in [4.69, 9.17) is 16.9 Å². The highest BCUT2D eigenvalue weighted by molar-refractivity contribution is 6.48. The summed E-state index contributed by atoms with van der Waals surface area (Å²) in [4.78, 5) is 58.2. The number of ether oxygens (including phenoxy) is 1. The average molecular weight is 428 g/mol. The molecule has 2 fully saturated rings. The molecule has 1 amide bonds. The SMILES string of the molecule is C#CCN=C(C(=O)C1=C(C)N2CC3C(N3C)C2(C(=O)CC)C1COC(N)=O)C(C)C=O. The van der Waals surface area contributed by atoms with E-state index in [9.17, 15) is 19.2 Å². The summed E-state index contributed by atoms with van der Waals surface area (Å²) in [5.74, 6) is 0.361. The molecular formula is C22H28N4O5. The van der Waals surface area contributed by atoms with Crippen molar-refractivity contribution in [3.63, 3.8) is 0 Å². The van der Waals surface area contributed by atoms with Crippen LogP contribution in [0.2, 0.25) is 0 Å². The third kappa shape index (κ3) is 3.26. The monoisotopic (exact) mass is 428 g/mol. The molecule has 0 saturated carbocycles. The van der Waals surface area contributed by atoms with Gasteiger partial charge in [-0.05, 0) is 14.0 Å². The molecule has 2 N–H and O–H groups in total. The fourth-order valence-electron chi connectivity index (χ4n) is 5.41. The van der Waals surface area contributed by atoms with E-state index >= 15 is 0 Å². The van der Waals surface area contributed by atoms with Gasteiger partial charge >= 0.3 is 6.09 Å². The Morgan fingerprint density at radius 1 is 1.45 bits per heavy atom. The molecule has 3 aliphatic rings. The Bertz CT molecular complexity index is 933. The first-order chi connectivity index (χ1) is 14.7. The molecule has 6 unspecified atom stereocenters. The number of aliphatic imine (C=N–C) groups is 1. The summed E-state index contributed by atoms with van der Waals surface area (Å²) in [6, 6.07) is 0.0814. The molecule has 0 bridgehead atoms. The molecule has 2 saturated heterocycles. The molecule has 9 nitrogen and oxygen atoms in total. The zero-order chi connectivity index (χ0) is 23.1. The Kier molecular flexibility index (Phi) is 6.05. The molecule has 166 valence electrons. The Morgan fingerprint density at radius 3 is 2.68 bits per heavy atom. The molecule has 6 atom stereocenters. The van der Waals surface area contributed by atoms with Gasteiger partial charge in [-0.15, -0.1) is 6.42 Å². The number of piperazine rings is 1. The van der Waals surface area contributed by atoms with Gasteiger partial charge in [-0.25, -0.2) is 4.79 Å². The Balaban J connectivity index is 2.14. The summed E-state index contributed by atoms with van der Waals surface area (Å²) in [7, 11) is 1.94. The third-order valence-electron chi connectivity index (χ3n) is 6.79. The summed E-state index contributed by atoms with van der Waals surface area (Å²) in [5.41, 5.74) is 5.19. The number of Topliss-reactive ketones (excluding diaryl/α,β-unsaturated/α-hetero) is 2. The van der Waals surface area contributed by atoms with Crippen LogP contribution >= 0.6 is 0 Å². The fraction of sp³-hybridized carbons (Fsp3) is 0.591. The molecule has 0 aliphatic carbocycles. The smallest absolute Gasteiger partial charge is 0.404 e. The highest BCUT2D eigenvalue weighted by Crippen LogP contribution is 2.58. The lowest BCUT2D eigenvalue weighted by Crippen LogP contribution is -2.59. The highest BCUT2D eigenvalue weighted by Gasteiger charge is 2.75. The molecule has 0 aromatic carbocycles. The van der Waals surface area contributed by atoms with Crippen LogP contribution in [0.1, 0.15) is 27.2 Å². The van der Waals surface area contributed by atoms with E-state index < -0.39 is 29.3 Å². The maximum atomic E-state index is 13.7. The quantitative estimate of drug-likeness (QED) is 0.241. The number of nitrogens with two attached hydrogens (primary N) is 1. The van der Waals surface area contributed by atoms with E-state index in [0.717, 1.165) is 0 Å². The van der Waals surface area contributed by atoms with Crippen molar-refractivity contribution in [1.82, 2.24) is 9.80 Å². The molecule has 0 aromatic heterocycles. The minimum Gasteiger partial charge on any atom is -0.449 e. The molecule has 3 heterocycles. The number of hydrogen-bond donors (Lipinski definition) is 1. The number of allylic oxidation sites excluding steroid dienone is 1. The van der Waals surface area contributed by atoms with Gasteiger partial charge in [0.05, 0.1) is 30.1 Å². The van der Waals surface area contributed by atoms with E-state index in [-0.39, 0.29) is 43.2 Å². The normalized spacial score (nSPS) is 32.1. The number of hydrogen-bond acceptors (Lipinski definition) is 8. The van der Waals surface area contributed by atoms with E-state index in [1.165, 1.54) is 0 Å². The van der Waals surface area contributed by atoms with E-state index in [0.29, 0.717) is 24.1 Å². The number of aldehydes is 1. The van der Waals surface area contributed by atoms with Crippen molar-refractivity contribution in [2.24, 2.45) is 22.6 Å². The van der Waals surface area contributed by atoms with Crippen LogP contribution in [0.3, 0.4) is 0 Å². The fourth-order valence-corrected chi connectivity index (χ4v) is 5.41. The molecular weight excluding hydrogens is 400 g/mol. The second-order valence-corrected chi connectivity index (χ2v) is 8.23. The standard InChI is InChI=1S/C22H28N4O5/c1-6-8-24-18(12(3)10-27)19(29)17-13(4)26-9-15-20(25(15)5)22(26,16(28)7-2)14(17)11-31-21(23)30/h1,10,12,14-15,20H,7-9,11H2,2-5H3,(H2,23,30). The van der Waals surface area contributed by atoms with Crippen molar-refractivity contribution in [2.45, 2.75) is 44.8 Å². The number of amides is 1. The Labute approximate surface area is 181 Å². The van der Waals surface area contributed by atoms with Crippen LogP contribution in [0.15, 0.2) is 16.3 Å². The van der Waals surface area contributed by atoms with Crippen LogP contribution in [0, 0.1) is 24.2 Å². The predicted molar refractivity (Wildman–Crippen MR) is 113 cm³/mol. The number of rotatable bonds is 9. The molecule has 0 radical (unpaired) electrons. The molecule has 3 aliphatic heterocycles. The number of terminal acetylenes is 1. The van der Waals surface area contributed by atoms with Crippen LogP contribution in [0.4, 0.5) is 4.79 Å². The highest BCUT2D eigenvalue weighted by atomic mass is 16.5. The van der Waals surface area contributed by atoms with Crippen LogP contribution in [-0.4, -0.2) is 83.8 Å². The van der Waals surface area contributed by atoms with Crippen molar-refractivity contribution < 1.29 is 23.9 Å². The van der Waals surface area contributed by atoms with Crippen molar-refractivity contribution in [3.8, 4) is 12.3 Å². The first kappa shape index (κ1) is 22.7. The lowest BCUT2D eigenvalue weighted by Gasteiger charge is -2.41. The third-order valence-corrected chi connectivity index (χ3v) is 6.79. The summed E-state index contributed by atoms with van der Waals surface area (Å²) in [6.45, 7) is 5.45. The van der Waals surface area contributed by atoms with Gasteiger partial charge in [0.1, 0.15) is 18.4 Å². The maximum Gasteiger partial charge on any atom is 0.404 e. The lowest BCUT2D eigenvalue weighted by atomic mass is 9.74. The van der Waals surface area contributed by atoms with Crippen molar-refractivity contribution in [2.75, 3.05) is 26.7 Å². The van der Waals surface area contributed by atoms with Gasteiger partial charge < -0.3 is 20.2 Å². The van der Waals surface area contributed by atoms with Gasteiger partial charge in [0, 0.05) is 30.3 Å². The van der Waals surface area contributed by atoms with E-state index in [1.807, 2.05) is 11.9 Å². The Morgan fingerprint density at radius 2 is 2.13 bits per heavy atom. The zero-order valence-corrected chi connectivity index (χ0v) is 18.3. The molecule has 0 aromatic rings. The van der Waals surface area contributed by atoms with Crippen LogP contribution in [0.5, 0.6) is 0 Å². The minimum absolute atomic E-state index is 0.0323. The number of primary amides is 1. The number of ketones is 2. The lowest BCUT2D eigenvalue weighted by molar-refractivity contribution is -0.132. The van der Waals surface area contributed by atoms with Gasteiger partial charge in [-0.2, -0.15) is 0 Å². The van der Waals surface area contributed by atoms with Gasteiger partial charge in [-0.1, -0.05) is 19.8 Å². The van der Waals surface area contributed by atoms with Crippen LogP contribution in [-0.2, 0) is 19.1 Å². The first-order valence-electron chi connectivity index (χ1n) is 10.3. The average Bonchev–Trinajstić information content (AvgIpc) is 3.12. The Hall–Kier alpha value is -2.99. The topological polar surface area (TPSA) is 122 Å². The number of carbonyl (C=O) groups is 4. The largest absolute Gasteiger partial charge is 0.449 e. The van der Waals surface area contributed by atoms with E-state index in [1.54, 1.807) is 20.8 Å². The van der Waals surface area contributed by atoms with Crippen LogP contribution in [0.25, 0.3) is 0 Å². The second kappa shape index (κ2) is 8.27. The summed E-state index contributed by atoms with van der Waals surface area (Å²) < 4.78 is 5.15. The zero-order valence-electron chi connectivity index (χ0n) is 18.3. The number of likely N-dealkylation sites (N-methyl/N-ethyl adjacent to an activating group) is 1. The van der Waals surface area contributed by atoms with Crippen molar-refractivity contribution in [1.29, 1.82) is 0 Å². The molecule has 0 spiro atoms. The first-order valence-corrected chi connectivity index (χ1v) is 10.3. The van der Waals surface area contributed by atoms with Gasteiger partial charge in [0.25, 0.3) is 0 Å². The number of fused-ring (bicyclic) bond motifs is 3. The second-order valence-electron chi connectivity index (χ2n) is 8.23. The molecule has 3 rings (SSSR count). The maximum absolute atomic E-state index is 13.7. The summed E-state index contributed by atoms with van der Waals surface area (Å²) in [5, 5.41) is 0. The summed E-state index contributed by atoms with van der Waals surface area (Å²) in [6.07, 6.45) is 5.21. The van der Waals surface area contributed by atoms with Gasteiger partial charge in [0.15, 0.2) is 5.78 Å². The molecule has 31 heavy (non-hydrogen) atoms.